The first-order valence-electron chi connectivity index (χ1n) is 4.50. The van der Waals surface area contributed by atoms with Gasteiger partial charge in [-0.05, 0) is 23.6 Å². The van der Waals surface area contributed by atoms with Crippen molar-refractivity contribution < 1.29 is 9.84 Å². The van der Waals surface area contributed by atoms with Crippen molar-refractivity contribution >= 4 is 10.8 Å². The van der Waals surface area contributed by atoms with Crippen molar-refractivity contribution in [3.63, 3.8) is 0 Å². The van der Waals surface area contributed by atoms with E-state index in [-0.39, 0.29) is 11.3 Å². The molecular weight excluding hydrogens is 194 g/mol. The van der Waals surface area contributed by atoms with Crippen LogP contribution in [0.25, 0.3) is 10.8 Å². The van der Waals surface area contributed by atoms with Gasteiger partial charge in [0.25, 0.3) is 5.56 Å². The Morgan fingerprint density at radius 2 is 2.13 bits per heavy atom. The number of hydrogen-bond donors (Lipinski definition) is 1. The Bertz CT molecular complexity index is 572. The number of benzene rings is 1. The molecule has 0 amide bonds. The highest BCUT2D eigenvalue weighted by atomic mass is 16.5. The van der Waals surface area contributed by atoms with Crippen molar-refractivity contribution in [3.8, 4) is 11.5 Å². The molecule has 1 N–H and O–H groups in total. The van der Waals surface area contributed by atoms with Crippen LogP contribution in [-0.2, 0) is 7.05 Å². The van der Waals surface area contributed by atoms with Gasteiger partial charge in [0.2, 0.25) is 0 Å². The number of aromatic nitrogens is 1. The molecule has 0 aliphatic rings. The molecule has 0 bridgehead atoms. The number of nitrogens with zero attached hydrogens (tertiary/aromatic N) is 1. The summed E-state index contributed by atoms with van der Waals surface area (Å²) in [6.07, 6.45) is 1.68. The molecule has 4 nitrogen and oxygen atoms in total. The van der Waals surface area contributed by atoms with E-state index in [2.05, 4.69) is 0 Å². The predicted octanol–water partition coefficient (Wildman–Crippen LogP) is 1.25. The Labute approximate surface area is 86.3 Å². The number of phenols is 1. The van der Waals surface area contributed by atoms with Crippen molar-refractivity contribution in [2.45, 2.75) is 0 Å². The van der Waals surface area contributed by atoms with Gasteiger partial charge >= 0.3 is 0 Å². The number of aryl methyl sites for hydroxylation is 1. The zero-order chi connectivity index (χ0) is 11.0. The first-order chi connectivity index (χ1) is 7.13. The van der Waals surface area contributed by atoms with Gasteiger partial charge < -0.3 is 14.4 Å². The second-order valence-electron chi connectivity index (χ2n) is 3.34. The van der Waals surface area contributed by atoms with E-state index in [0.717, 1.165) is 5.39 Å². The molecule has 0 unspecified atom stereocenters. The number of pyridine rings is 1. The fourth-order valence-electron chi connectivity index (χ4n) is 1.52. The summed E-state index contributed by atoms with van der Waals surface area (Å²) in [5.41, 5.74) is -0.134. The number of ether oxygens (including phenoxy) is 1. The summed E-state index contributed by atoms with van der Waals surface area (Å²) in [6.45, 7) is 0. The van der Waals surface area contributed by atoms with E-state index in [1.807, 2.05) is 0 Å². The lowest BCUT2D eigenvalue weighted by molar-refractivity contribution is 0.374. The largest absolute Gasteiger partial charge is 0.504 e. The predicted molar refractivity (Wildman–Crippen MR) is 57.4 cm³/mol. The Morgan fingerprint density at radius 3 is 2.80 bits per heavy atom. The van der Waals surface area contributed by atoms with Crippen LogP contribution in [0.3, 0.4) is 0 Å². The maximum atomic E-state index is 11.7. The van der Waals surface area contributed by atoms with E-state index in [4.69, 9.17) is 4.74 Å². The smallest absolute Gasteiger partial charge is 0.258 e. The van der Waals surface area contributed by atoms with Gasteiger partial charge in [0, 0.05) is 13.2 Å². The normalized spacial score (nSPS) is 10.5. The zero-order valence-electron chi connectivity index (χ0n) is 8.52. The third kappa shape index (κ3) is 1.44. The maximum absolute atomic E-state index is 11.7. The fourth-order valence-corrected chi connectivity index (χ4v) is 1.52. The van der Waals surface area contributed by atoms with Crippen LogP contribution in [0.15, 0.2) is 29.2 Å². The average molecular weight is 205 g/mol. The molecule has 2 aromatic rings. The molecule has 2 rings (SSSR count). The number of fused-ring (bicyclic) bond motifs is 1. The fraction of sp³-hybridized carbons (Fsp3) is 0.182. The highest BCUT2D eigenvalue weighted by Gasteiger charge is 2.06. The van der Waals surface area contributed by atoms with E-state index < -0.39 is 0 Å². The Hall–Kier alpha value is -1.97. The van der Waals surface area contributed by atoms with Crippen LogP contribution in [0.5, 0.6) is 11.5 Å². The Kier molecular flexibility index (Phi) is 2.11. The van der Waals surface area contributed by atoms with Gasteiger partial charge in [-0.15, -0.1) is 0 Å². The van der Waals surface area contributed by atoms with E-state index >= 15 is 0 Å². The van der Waals surface area contributed by atoms with Gasteiger partial charge in [-0.3, -0.25) is 4.79 Å². The molecule has 0 saturated heterocycles. The van der Waals surface area contributed by atoms with Crippen LogP contribution in [0, 0.1) is 0 Å². The van der Waals surface area contributed by atoms with E-state index in [1.54, 1.807) is 25.4 Å². The minimum atomic E-state index is -0.134. The lowest BCUT2D eigenvalue weighted by Gasteiger charge is -2.06. The molecule has 0 atom stereocenters. The summed E-state index contributed by atoms with van der Waals surface area (Å²) in [5.74, 6) is 0.351. The highest BCUT2D eigenvalue weighted by molar-refractivity contribution is 5.85. The molecule has 1 aromatic heterocycles. The number of methoxy groups -OCH3 is 1. The second kappa shape index (κ2) is 3.31. The maximum Gasteiger partial charge on any atom is 0.258 e. The van der Waals surface area contributed by atoms with Crippen LogP contribution in [-0.4, -0.2) is 16.8 Å². The van der Waals surface area contributed by atoms with Gasteiger partial charge in [0.1, 0.15) is 0 Å². The summed E-state index contributed by atoms with van der Waals surface area (Å²) >= 11 is 0. The van der Waals surface area contributed by atoms with Gasteiger partial charge in [0.15, 0.2) is 11.5 Å². The number of phenolic OH excluding ortho intramolecular Hbond substituents is 1. The van der Waals surface area contributed by atoms with Crippen molar-refractivity contribution in [3.05, 3.63) is 34.7 Å². The minimum absolute atomic E-state index is 0.0201. The zero-order valence-corrected chi connectivity index (χ0v) is 8.52. The molecule has 0 aliphatic heterocycles. The van der Waals surface area contributed by atoms with Crippen molar-refractivity contribution in [2.24, 2.45) is 7.05 Å². The number of rotatable bonds is 1. The van der Waals surface area contributed by atoms with Crippen molar-refractivity contribution in [2.75, 3.05) is 7.11 Å². The summed E-state index contributed by atoms with van der Waals surface area (Å²) in [6, 6.07) is 4.88. The molecule has 15 heavy (non-hydrogen) atoms. The second-order valence-corrected chi connectivity index (χ2v) is 3.34. The first kappa shape index (κ1) is 9.58. The van der Waals surface area contributed by atoms with Crippen LogP contribution < -0.4 is 10.3 Å². The molecule has 0 spiro atoms. The third-order valence-corrected chi connectivity index (χ3v) is 2.38. The summed E-state index contributed by atoms with van der Waals surface area (Å²) in [7, 11) is 3.14. The summed E-state index contributed by atoms with van der Waals surface area (Å²) in [4.78, 5) is 11.7. The lowest BCUT2D eigenvalue weighted by Crippen LogP contribution is -2.15. The Morgan fingerprint density at radius 1 is 1.40 bits per heavy atom. The van der Waals surface area contributed by atoms with E-state index in [0.29, 0.717) is 11.1 Å². The molecule has 0 aliphatic carbocycles. The SMILES string of the molecule is COc1cc2ccn(C)c(=O)c2cc1O. The van der Waals surface area contributed by atoms with Crippen LogP contribution in [0.1, 0.15) is 0 Å². The molecule has 1 aromatic carbocycles. The van der Waals surface area contributed by atoms with Gasteiger partial charge in [0.05, 0.1) is 12.5 Å². The molecule has 1 heterocycles. The minimum Gasteiger partial charge on any atom is -0.504 e. The molecule has 4 heteroatoms. The summed E-state index contributed by atoms with van der Waals surface area (Å²) < 4.78 is 6.43. The quantitative estimate of drug-likeness (QED) is 0.762. The first-order valence-corrected chi connectivity index (χ1v) is 4.50. The van der Waals surface area contributed by atoms with Crippen molar-refractivity contribution in [1.29, 1.82) is 0 Å². The molecule has 0 fully saturated rings. The van der Waals surface area contributed by atoms with Gasteiger partial charge in [-0.25, -0.2) is 0 Å². The third-order valence-electron chi connectivity index (χ3n) is 2.38. The van der Waals surface area contributed by atoms with Crippen LogP contribution >= 0.6 is 0 Å². The standard InChI is InChI=1S/C11H11NO3/c1-12-4-3-7-5-10(15-2)9(13)6-8(7)11(12)14/h3-6,13H,1-2H3. The van der Waals surface area contributed by atoms with E-state index in [1.165, 1.54) is 17.7 Å². The summed E-state index contributed by atoms with van der Waals surface area (Å²) in [5, 5.41) is 10.8. The van der Waals surface area contributed by atoms with E-state index in [9.17, 15) is 9.90 Å². The molecule has 0 saturated carbocycles. The van der Waals surface area contributed by atoms with Crippen LogP contribution in [0.4, 0.5) is 0 Å². The molecular formula is C11H11NO3. The molecule has 78 valence electrons. The lowest BCUT2D eigenvalue weighted by atomic mass is 10.1. The van der Waals surface area contributed by atoms with Crippen LogP contribution in [0.2, 0.25) is 0 Å². The van der Waals surface area contributed by atoms with Gasteiger partial charge in [-0.1, -0.05) is 0 Å². The number of hydrogen-bond acceptors (Lipinski definition) is 3. The number of aromatic hydroxyl groups is 1. The Balaban J connectivity index is 2.88. The monoisotopic (exact) mass is 205 g/mol. The topological polar surface area (TPSA) is 51.5 Å². The highest BCUT2D eigenvalue weighted by Crippen LogP contribution is 2.29. The molecule has 0 radical (unpaired) electrons. The van der Waals surface area contributed by atoms with Crippen molar-refractivity contribution in [1.82, 2.24) is 4.57 Å². The average Bonchev–Trinajstić information content (AvgIpc) is 2.24. The van der Waals surface area contributed by atoms with Gasteiger partial charge in [-0.2, -0.15) is 0 Å².